The van der Waals surface area contributed by atoms with Crippen LogP contribution in [-0.4, -0.2) is 15.0 Å². The lowest BCUT2D eigenvalue weighted by atomic mass is 10.4. The van der Waals surface area contributed by atoms with Crippen molar-refractivity contribution in [3.63, 3.8) is 0 Å². The highest BCUT2D eigenvalue weighted by Crippen LogP contribution is 2.13. The Kier molecular flexibility index (Phi) is 2.64. The number of nitrogens with one attached hydrogen (secondary N) is 1. The van der Waals surface area contributed by atoms with E-state index in [1.165, 1.54) is 0 Å². The zero-order valence-electron chi connectivity index (χ0n) is 7.68. The molecule has 0 amide bonds. The third-order valence-corrected chi connectivity index (χ3v) is 1.84. The first kappa shape index (κ1) is 9.67. The Hall–Kier alpha value is -1.88. The van der Waals surface area contributed by atoms with E-state index in [1.807, 2.05) is 0 Å². The van der Waals surface area contributed by atoms with Crippen LogP contribution in [0.2, 0.25) is 5.28 Å². The van der Waals surface area contributed by atoms with Gasteiger partial charge in [-0.3, -0.25) is 0 Å². The molecule has 76 valence electrons. The fourth-order valence-corrected chi connectivity index (χ4v) is 1.20. The van der Waals surface area contributed by atoms with Crippen molar-refractivity contribution in [1.29, 1.82) is 0 Å². The van der Waals surface area contributed by atoms with Crippen molar-refractivity contribution in [2.45, 2.75) is 0 Å². The number of rotatable bonds is 2. The van der Waals surface area contributed by atoms with E-state index in [9.17, 15) is 0 Å². The molecular weight excluding hydrogens is 214 g/mol. The van der Waals surface area contributed by atoms with Gasteiger partial charge in [-0.25, -0.2) is 15.0 Å². The zero-order chi connectivity index (χ0) is 10.7. The molecule has 2 heterocycles. The van der Waals surface area contributed by atoms with Gasteiger partial charge in [0.2, 0.25) is 5.28 Å². The van der Waals surface area contributed by atoms with E-state index in [0.29, 0.717) is 17.5 Å². The Balaban J connectivity index is 2.22. The summed E-state index contributed by atoms with van der Waals surface area (Å²) >= 11 is 5.64. The molecule has 0 aliphatic heterocycles. The molecule has 0 radical (unpaired) electrons. The van der Waals surface area contributed by atoms with Crippen LogP contribution in [0.25, 0.3) is 0 Å². The maximum atomic E-state index is 5.64. The topological polar surface area (TPSA) is 76.7 Å². The average molecular weight is 222 g/mol. The Bertz CT molecular complexity index is 430. The summed E-state index contributed by atoms with van der Waals surface area (Å²) in [5, 5.41) is 3.14. The molecule has 5 nitrogen and oxygen atoms in total. The lowest BCUT2D eigenvalue weighted by Crippen LogP contribution is -1.98. The third kappa shape index (κ3) is 2.54. The highest BCUT2D eigenvalue weighted by atomic mass is 35.5. The summed E-state index contributed by atoms with van der Waals surface area (Å²) in [6, 6.07) is 6.98. The smallest absolute Gasteiger partial charge is 0.224 e. The Morgan fingerprint density at radius 3 is 2.67 bits per heavy atom. The van der Waals surface area contributed by atoms with Gasteiger partial charge in [-0.2, -0.15) is 0 Å². The van der Waals surface area contributed by atoms with Gasteiger partial charge in [-0.15, -0.1) is 0 Å². The van der Waals surface area contributed by atoms with Crippen LogP contribution >= 0.6 is 11.6 Å². The van der Waals surface area contributed by atoms with Crippen molar-refractivity contribution in [1.82, 2.24) is 15.0 Å². The van der Waals surface area contributed by atoms with Gasteiger partial charge in [0.25, 0.3) is 0 Å². The summed E-state index contributed by atoms with van der Waals surface area (Å²) in [6.07, 6.45) is 1.56. The minimum atomic E-state index is 0.184. The van der Waals surface area contributed by atoms with Gasteiger partial charge < -0.3 is 11.1 Å². The van der Waals surface area contributed by atoms with E-state index < -0.39 is 0 Å². The first-order chi connectivity index (χ1) is 7.24. The lowest BCUT2D eigenvalue weighted by molar-refractivity contribution is 1.16. The number of halogens is 1. The number of hydrogen-bond acceptors (Lipinski definition) is 5. The molecule has 0 aromatic carbocycles. The maximum absolute atomic E-state index is 5.64. The molecule has 15 heavy (non-hydrogen) atoms. The molecule has 3 N–H and O–H groups in total. The number of nitrogen functional groups attached to an aromatic ring is 1. The summed E-state index contributed by atoms with van der Waals surface area (Å²) in [5.74, 6) is 1.64. The molecule has 0 bridgehead atoms. The first-order valence-electron chi connectivity index (χ1n) is 4.22. The van der Waals surface area contributed by atoms with Crippen molar-refractivity contribution in [3.05, 3.63) is 35.7 Å². The van der Waals surface area contributed by atoms with E-state index in [1.54, 1.807) is 30.5 Å². The highest BCUT2D eigenvalue weighted by Gasteiger charge is 1.98. The van der Waals surface area contributed by atoms with Gasteiger partial charge in [-0.05, 0) is 29.8 Å². The van der Waals surface area contributed by atoms with E-state index in [-0.39, 0.29) is 5.28 Å². The van der Waals surface area contributed by atoms with E-state index in [2.05, 4.69) is 20.3 Å². The number of anilines is 3. The van der Waals surface area contributed by atoms with Crippen LogP contribution in [0.15, 0.2) is 30.5 Å². The molecule has 0 unspecified atom stereocenters. The van der Waals surface area contributed by atoms with E-state index in [0.717, 1.165) is 0 Å². The Morgan fingerprint density at radius 2 is 1.93 bits per heavy atom. The predicted octanol–water partition coefficient (Wildman–Crippen LogP) is 1.85. The van der Waals surface area contributed by atoms with Crippen molar-refractivity contribution < 1.29 is 0 Å². The van der Waals surface area contributed by atoms with Gasteiger partial charge in [0, 0.05) is 6.20 Å². The largest absolute Gasteiger partial charge is 0.384 e. The summed E-state index contributed by atoms with van der Waals surface area (Å²) in [7, 11) is 0. The fraction of sp³-hybridized carbons (Fsp3) is 0. The van der Waals surface area contributed by atoms with Crippen LogP contribution < -0.4 is 11.1 Å². The molecule has 6 heteroatoms. The third-order valence-electron chi connectivity index (χ3n) is 1.65. The second-order valence-corrected chi connectivity index (χ2v) is 3.12. The SMILES string of the molecule is Nc1cccc(Nc2ccnc(Cl)n2)n1. The molecule has 2 aromatic heterocycles. The minimum absolute atomic E-state index is 0.184. The summed E-state index contributed by atoms with van der Waals surface area (Å²) < 4.78 is 0. The number of hydrogen-bond donors (Lipinski definition) is 2. The second kappa shape index (κ2) is 4.10. The number of aromatic nitrogens is 3. The lowest BCUT2D eigenvalue weighted by Gasteiger charge is -2.04. The molecule has 0 atom stereocenters. The highest BCUT2D eigenvalue weighted by molar-refractivity contribution is 6.28. The number of nitrogens with zero attached hydrogens (tertiary/aromatic N) is 3. The molecular formula is C9H8ClN5. The van der Waals surface area contributed by atoms with Crippen molar-refractivity contribution in [3.8, 4) is 0 Å². The van der Waals surface area contributed by atoms with Crippen molar-refractivity contribution in [2.24, 2.45) is 0 Å². The molecule has 0 aliphatic carbocycles. The molecule has 0 spiro atoms. The molecule has 0 aliphatic rings. The van der Waals surface area contributed by atoms with Crippen LogP contribution in [0.5, 0.6) is 0 Å². The second-order valence-electron chi connectivity index (χ2n) is 2.78. The van der Waals surface area contributed by atoms with Crippen LogP contribution in [0.1, 0.15) is 0 Å². The fourth-order valence-electron chi connectivity index (χ4n) is 1.06. The summed E-state index contributed by atoms with van der Waals surface area (Å²) in [4.78, 5) is 11.8. The average Bonchev–Trinajstić information content (AvgIpc) is 2.17. The van der Waals surface area contributed by atoms with Gasteiger partial charge in [0.1, 0.15) is 17.5 Å². The van der Waals surface area contributed by atoms with E-state index >= 15 is 0 Å². The van der Waals surface area contributed by atoms with Crippen LogP contribution in [0, 0.1) is 0 Å². The summed E-state index contributed by atoms with van der Waals surface area (Å²) in [5.41, 5.74) is 5.53. The Morgan fingerprint density at radius 1 is 1.13 bits per heavy atom. The monoisotopic (exact) mass is 221 g/mol. The quantitative estimate of drug-likeness (QED) is 0.757. The predicted molar refractivity (Wildman–Crippen MR) is 59.0 cm³/mol. The minimum Gasteiger partial charge on any atom is -0.384 e. The normalized spacial score (nSPS) is 9.93. The van der Waals surface area contributed by atoms with Crippen LogP contribution in [-0.2, 0) is 0 Å². The number of pyridine rings is 1. The first-order valence-corrected chi connectivity index (χ1v) is 4.60. The van der Waals surface area contributed by atoms with Gasteiger partial charge in [0.15, 0.2) is 0 Å². The maximum Gasteiger partial charge on any atom is 0.224 e. The molecule has 0 fully saturated rings. The zero-order valence-corrected chi connectivity index (χ0v) is 8.44. The van der Waals surface area contributed by atoms with Gasteiger partial charge in [0.05, 0.1) is 0 Å². The van der Waals surface area contributed by atoms with Crippen LogP contribution in [0.3, 0.4) is 0 Å². The van der Waals surface area contributed by atoms with Crippen molar-refractivity contribution >= 4 is 29.1 Å². The van der Waals surface area contributed by atoms with E-state index in [4.69, 9.17) is 17.3 Å². The van der Waals surface area contributed by atoms with Crippen molar-refractivity contribution in [2.75, 3.05) is 11.1 Å². The molecule has 2 aromatic rings. The van der Waals surface area contributed by atoms with Crippen LogP contribution in [0.4, 0.5) is 17.5 Å². The Labute approximate surface area is 91.3 Å². The molecule has 0 saturated carbocycles. The molecule has 0 saturated heterocycles. The van der Waals surface area contributed by atoms with Gasteiger partial charge >= 0.3 is 0 Å². The molecule has 2 rings (SSSR count). The summed E-state index contributed by atoms with van der Waals surface area (Å²) in [6.45, 7) is 0. The number of nitrogens with two attached hydrogens (primary N) is 1. The van der Waals surface area contributed by atoms with Gasteiger partial charge in [-0.1, -0.05) is 6.07 Å². The standard InChI is InChI=1S/C9H8ClN5/c10-9-12-5-4-8(15-9)14-7-3-1-2-6(11)13-7/h1-5H,(H3,11,12,13,14,15).